The van der Waals surface area contributed by atoms with Crippen molar-refractivity contribution in [3.8, 4) is 34.3 Å². The van der Waals surface area contributed by atoms with Crippen LogP contribution >= 0.6 is 0 Å². The SMILES string of the molecule is CCOc1cccc(-c2noc(-c3c(O)c4cc(F)ccc4n(CC)c3=O)n2)c1. The summed E-state index contributed by atoms with van der Waals surface area (Å²) in [5, 5.41) is 14.8. The van der Waals surface area contributed by atoms with Crippen molar-refractivity contribution in [2.24, 2.45) is 0 Å². The van der Waals surface area contributed by atoms with Crippen molar-refractivity contribution >= 4 is 10.9 Å². The number of ether oxygens (including phenoxy) is 1. The predicted octanol–water partition coefficient (Wildman–Crippen LogP) is 3.98. The van der Waals surface area contributed by atoms with Gasteiger partial charge in [0.25, 0.3) is 11.4 Å². The molecule has 0 saturated heterocycles. The molecule has 0 saturated carbocycles. The highest BCUT2D eigenvalue weighted by atomic mass is 19.1. The molecule has 1 N–H and O–H groups in total. The molecule has 0 unspecified atom stereocenters. The summed E-state index contributed by atoms with van der Waals surface area (Å²) in [5.41, 5.74) is 0.393. The fourth-order valence-electron chi connectivity index (χ4n) is 3.25. The van der Waals surface area contributed by atoms with E-state index in [-0.39, 0.29) is 22.7 Å². The maximum absolute atomic E-state index is 13.8. The van der Waals surface area contributed by atoms with Gasteiger partial charge < -0.3 is 18.9 Å². The molecule has 29 heavy (non-hydrogen) atoms. The zero-order valence-electron chi connectivity index (χ0n) is 15.8. The van der Waals surface area contributed by atoms with Gasteiger partial charge >= 0.3 is 0 Å². The first kappa shape index (κ1) is 18.7. The Morgan fingerprint density at radius 3 is 2.79 bits per heavy atom. The van der Waals surface area contributed by atoms with E-state index in [1.54, 1.807) is 31.2 Å². The lowest BCUT2D eigenvalue weighted by atomic mass is 10.1. The van der Waals surface area contributed by atoms with Gasteiger partial charge in [-0.15, -0.1) is 0 Å². The first-order valence-electron chi connectivity index (χ1n) is 9.15. The molecule has 0 atom stereocenters. The van der Waals surface area contributed by atoms with E-state index < -0.39 is 17.1 Å². The summed E-state index contributed by atoms with van der Waals surface area (Å²) in [5.74, 6) is -0.180. The summed E-state index contributed by atoms with van der Waals surface area (Å²) < 4.78 is 25.9. The van der Waals surface area contributed by atoms with Crippen LogP contribution in [-0.4, -0.2) is 26.4 Å². The van der Waals surface area contributed by atoms with Crippen LogP contribution in [0.4, 0.5) is 4.39 Å². The summed E-state index contributed by atoms with van der Waals surface area (Å²) in [6.07, 6.45) is 0. The number of rotatable bonds is 5. The van der Waals surface area contributed by atoms with E-state index in [1.807, 2.05) is 6.92 Å². The lowest BCUT2D eigenvalue weighted by Gasteiger charge is -2.11. The molecule has 0 aliphatic rings. The van der Waals surface area contributed by atoms with Gasteiger partial charge in [0.05, 0.1) is 12.1 Å². The van der Waals surface area contributed by atoms with Crippen molar-refractivity contribution in [2.45, 2.75) is 20.4 Å². The molecule has 4 rings (SSSR count). The Morgan fingerprint density at radius 2 is 2.03 bits per heavy atom. The topological polar surface area (TPSA) is 90.4 Å². The Morgan fingerprint density at radius 1 is 1.21 bits per heavy atom. The van der Waals surface area contributed by atoms with Gasteiger partial charge in [0.2, 0.25) is 5.82 Å². The lowest BCUT2D eigenvalue weighted by Crippen LogP contribution is -2.21. The summed E-state index contributed by atoms with van der Waals surface area (Å²) >= 11 is 0. The maximum Gasteiger partial charge on any atom is 0.267 e. The fourth-order valence-corrected chi connectivity index (χ4v) is 3.25. The molecule has 7 nitrogen and oxygen atoms in total. The summed E-state index contributed by atoms with van der Waals surface area (Å²) in [6.45, 7) is 4.50. The maximum atomic E-state index is 13.8. The van der Waals surface area contributed by atoms with Crippen LogP contribution in [0.25, 0.3) is 33.7 Å². The third kappa shape index (κ3) is 3.22. The zero-order chi connectivity index (χ0) is 20.5. The number of halogens is 1. The van der Waals surface area contributed by atoms with Crippen LogP contribution in [0.1, 0.15) is 13.8 Å². The molecule has 2 aromatic heterocycles. The van der Waals surface area contributed by atoms with E-state index in [1.165, 1.54) is 22.8 Å². The molecule has 8 heteroatoms. The van der Waals surface area contributed by atoms with E-state index in [9.17, 15) is 14.3 Å². The number of nitrogens with zero attached hydrogens (tertiary/aromatic N) is 3. The van der Waals surface area contributed by atoms with Crippen LogP contribution in [0, 0.1) is 5.82 Å². The number of hydrogen-bond acceptors (Lipinski definition) is 6. The molecule has 0 fully saturated rings. The minimum atomic E-state index is -0.529. The second kappa shape index (κ2) is 7.38. The van der Waals surface area contributed by atoms with Crippen LogP contribution in [0.3, 0.4) is 0 Å². The van der Waals surface area contributed by atoms with Gasteiger partial charge in [-0.05, 0) is 44.2 Å². The van der Waals surface area contributed by atoms with Crippen LogP contribution in [0.15, 0.2) is 51.8 Å². The van der Waals surface area contributed by atoms with Crippen LogP contribution in [0.5, 0.6) is 11.5 Å². The van der Waals surface area contributed by atoms with E-state index in [0.717, 1.165) is 0 Å². The number of fused-ring (bicyclic) bond motifs is 1. The molecule has 0 bridgehead atoms. The predicted molar refractivity (Wildman–Crippen MR) is 105 cm³/mol. The Labute approximate surface area is 165 Å². The first-order chi connectivity index (χ1) is 14.0. The molecular weight excluding hydrogens is 377 g/mol. The van der Waals surface area contributed by atoms with Gasteiger partial charge in [-0.2, -0.15) is 4.98 Å². The number of aromatic hydroxyl groups is 1. The summed E-state index contributed by atoms with van der Waals surface area (Å²) in [6, 6.07) is 11.0. The molecular formula is C21H18FN3O4. The van der Waals surface area contributed by atoms with E-state index in [4.69, 9.17) is 9.26 Å². The zero-order valence-corrected chi connectivity index (χ0v) is 15.8. The number of pyridine rings is 1. The normalized spacial score (nSPS) is 11.1. The average molecular weight is 395 g/mol. The lowest BCUT2D eigenvalue weighted by molar-refractivity contribution is 0.340. The highest BCUT2D eigenvalue weighted by Crippen LogP contribution is 2.33. The van der Waals surface area contributed by atoms with E-state index >= 15 is 0 Å². The largest absolute Gasteiger partial charge is 0.506 e. The van der Waals surface area contributed by atoms with Crippen molar-refractivity contribution in [3.63, 3.8) is 0 Å². The molecule has 0 amide bonds. The Bertz CT molecular complexity index is 1260. The molecule has 2 aromatic carbocycles. The third-order valence-corrected chi connectivity index (χ3v) is 4.56. The second-order valence-corrected chi connectivity index (χ2v) is 6.32. The van der Waals surface area contributed by atoms with Crippen molar-refractivity contribution in [1.29, 1.82) is 0 Å². The number of aromatic nitrogens is 3. The highest BCUT2D eigenvalue weighted by Gasteiger charge is 2.23. The molecule has 2 heterocycles. The standard InChI is InChI=1S/C21H18FN3O4/c1-3-25-16-9-8-13(22)11-15(16)18(26)17(21(25)27)20-23-19(24-29-20)12-6-5-7-14(10-12)28-4-2/h5-11,26H,3-4H2,1-2H3. The second-order valence-electron chi connectivity index (χ2n) is 6.32. The van der Waals surface area contributed by atoms with Crippen LogP contribution in [-0.2, 0) is 6.54 Å². The van der Waals surface area contributed by atoms with Gasteiger partial charge in [-0.1, -0.05) is 17.3 Å². The van der Waals surface area contributed by atoms with Gasteiger partial charge in [0.15, 0.2) is 0 Å². The van der Waals surface area contributed by atoms with Crippen molar-refractivity contribution in [2.75, 3.05) is 6.61 Å². The molecule has 148 valence electrons. The Balaban J connectivity index is 1.88. The number of benzene rings is 2. The van der Waals surface area contributed by atoms with E-state index in [2.05, 4.69) is 10.1 Å². The van der Waals surface area contributed by atoms with Crippen molar-refractivity contribution in [1.82, 2.24) is 14.7 Å². The molecule has 0 radical (unpaired) electrons. The van der Waals surface area contributed by atoms with Crippen molar-refractivity contribution in [3.05, 3.63) is 58.6 Å². The van der Waals surface area contributed by atoms with E-state index in [0.29, 0.717) is 30.0 Å². The quantitative estimate of drug-likeness (QED) is 0.550. The minimum absolute atomic E-state index is 0.141. The number of aryl methyl sites for hydroxylation is 1. The Hall–Kier alpha value is -3.68. The molecule has 0 aliphatic carbocycles. The molecule has 0 aliphatic heterocycles. The monoisotopic (exact) mass is 395 g/mol. The summed E-state index contributed by atoms with van der Waals surface area (Å²) in [7, 11) is 0. The number of hydrogen-bond donors (Lipinski definition) is 1. The average Bonchev–Trinajstić information content (AvgIpc) is 3.19. The van der Waals surface area contributed by atoms with Gasteiger partial charge in [-0.3, -0.25) is 4.79 Å². The molecule has 0 spiro atoms. The Kier molecular flexibility index (Phi) is 4.75. The highest BCUT2D eigenvalue weighted by molar-refractivity contribution is 5.91. The van der Waals surface area contributed by atoms with Gasteiger partial charge in [-0.25, -0.2) is 4.39 Å². The van der Waals surface area contributed by atoms with Crippen LogP contribution < -0.4 is 10.3 Å². The van der Waals surface area contributed by atoms with Gasteiger partial charge in [0.1, 0.15) is 22.9 Å². The van der Waals surface area contributed by atoms with Crippen molar-refractivity contribution < 1.29 is 18.8 Å². The molecule has 4 aromatic rings. The van der Waals surface area contributed by atoms with Gasteiger partial charge in [0, 0.05) is 17.5 Å². The van der Waals surface area contributed by atoms with Crippen LogP contribution in [0.2, 0.25) is 0 Å². The minimum Gasteiger partial charge on any atom is -0.506 e. The fraction of sp³-hybridized carbons (Fsp3) is 0.190. The summed E-state index contributed by atoms with van der Waals surface area (Å²) in [4.78, 5) is 17.2. The smallest absolute Gasteiger partial charge is 0.267 e. The third-order valence-electron chi connectivity index (χ3n) is 4.56. The first-order valence-corrected chi connectivity index (χ1v) is 9.15.